The maximum Gasteiger partial charge on any atom is 0.185 e. The van der Waals surface area contributed by atoms with Crippen molar-refractivity contribution in [2.45, 2.75) is 0 Å². The Morgan fingerprint density at radius 2 is 1.35 bits per heavy atom. The van der Waals surface area contributed by atoms with E-state index >= 15 is 0 Å². The Morgan fingerprint density at radius 1 is 0.850 bits per heavy atom. The summed E-state index contributed by atoms with van der Waals surface area (Å²) in [6.07, 6.45) is 3.43. The van der Waals surface area contributed by atoms with Crippen LogP contribution in [0.15, 0.2) is 54.6 Å². The molecule has 0 fully saturated rings. The first-order valence-electron chi connectivity index (χ1n) is 6.51. The summed E-state index contributed by atoms with van der Waals surface area (Å²) in [5, 5.41) is 6.09. The van der Waals surface area contributed by atoms with Gasteiger partial charge in [0.2, 0.25) is 0 Å². The number of hydrogen-bond donors (Lipinski definition) is 2. The highest BCUT2D eigenvalue weighted by molar-refractivity contribution is 6.06. The molecule has 2 N–H and O–H groups in total. The zero-order valence-electron chi connectivity index (χ0n) is 11.7. The number of carbonyl (C=O) groups is 1. The van der Waals surface area contributed by atoms with E-state index in [4.69, 9.17) is 0 Å². The maximum atomic E-state index is 12.0. The summed E-state index contributed by atoms with van der Waals surface area (Å²) in [6.45, 7) is 0. The second-order valence-electron chi connectivity index (χ2n) is 4.40. The van der Waals surface area contributed by atoms with Gasteiger partial charge in [-0.05, 0) is 48.0 Å². The Hall–Kier alpha value is -2.55. The van der Waals surface area contributed by atoms with Crippen LogP contribution in [0.25, 0.3) is 6.08 Å². The van der Waals surface area contributed by atoms with E-state index in [1.165, 1.54) is 0 Å². The van der Waals surface area contributed by atoms with E-state index in [1.807, 2.05) is 68.7 Å². The largest absolute Gasteiger partial charge is 0.388 e. The first-order chi connectivity index (χ1) is 9.72. The summed E-state index contributed by atoms with van der Waals surface area (Å²) in [7, 11) is 3.73. The summed E-state index contributed by atoms with van der Waals surface area (Å²) in [5.74, 6) is 0.00495. The topological polar surface area (TPSA) is 41.1 Å². The van der Waals surface area contributed by atoms with E-state index < -0.39 is 0 Å². The van der Waals surface area contributed by atoms with E-state index in [2.05, 4.69) is 10.6 Å². The summed E-state index contributed by atoms with van der Waals surface area (Å²) >= 11 is 0. The first kappa shape index (κ1) is 13.9. The van der Waals surface area contributed by atoms with Gasteiger partial charge in [0.05, 0.1) is 0 Å². The second kappa shape index (κ2) is 6.57. The van der Waals surface area contributed by atoms with Crippen LogP contribution < -0.4 is 10.6 Å². The number of carbonyl (C=O) groups excluding carboxylic acids is 1. The van der Waals surface area contributed by atoms with Crippen molar-refractivity contribution in [2.75, 3.05) is 24.7 Å². The van der Waals surface area contributed by atoms with Crippen molar-refractivity contribution >= 4 is 23.2 Å². The number of rotatable bonds is 5. The van der Waals surface area contributed by atoms with Crippen LogP contribution in [0.5, 0.6) is 0 Å². The molecule has 0 atom stereocenters. The standard InChI is InChI=1S/C17H18N2O/c1-18-15-8-3-13(4-9-15)5-12-17(20)14-6-10-16(19-2)11-7-14/h3-12,18-19H,1-2H3/b12-5+. The molecule has 0 aliphatic carbocycles. The van der Waals surface area contributed by atoms with Gasteiger partial charge in [-0.2, -0.15) is 0 Å². The van der Waals surface area contributed by atoms with Crippen LogP contribution in [-0.2, 0) is 0 Å². The molecule has 0 bridgehead atoms. The Bertz CT molecular complexity index is 598. The van der Waals surface area contributed by atoms with E-state index in [1.54, 1.807) is 6.08 Å². The van der Waals surface area contributed by atoms with Crippen LogP contribution in [0.3, 0.4) is 0 Å². The highest BCUT2D eigenvalue weighted by atomic mass is 16.1. The lowest BCUT2D eigenvalue weighted by molar-refractivity contribution is 0.104. The zero-order valence-corrected chi connectivity index (χ0v) is 11.7. The molecule has 0 saturated heterocycles. The number of benzene rings is 2. The molecule has 2 aromatic carbocycles. The zero-order chi connectivity index (χ0) is 14.4. The fourth-order valence-corrected chi connectivity index (χ4v) is 1.83. The third kappa shape index (κ3) is 3.48. The molecule has 102 valence electrons. The van der Waals surface area contributed by atoms with Crippen LogP contribution in [-0.4, -0.2) is 19.9 Å². The molecule has 0 spiro atoms. The van der Waals surface area contributed by atoms with Crippen LogP contribution in [0.1, 0.15) is 15.9 Å². The fourth-order valence-electron chi connectivity index (χ4n) is 1.83. The van der Waals surface area contributed by atoms with Crippen molar-refractivity contribution in [2.24, 2.45) is 0 Å². The molecule has 0 saturated carbocycles. The summed E-state index contributed by atoms with van der Waals surface area (Å²) in [6, 6.07) is 15.3. The lowest BCUT2D eigenvalue weighted by atomic mass is 10.1. The summed E-state index contributed by atoms with van der Waals surface area (Å²) in [4.78, 5) is 12.0. The Balaban J connectivity index is 2.07. The van der Waals surface area contributed by atoms with Gasteiger partial charge in [0, 0.05) is 31.0 Å². The highest BCUT2D eigenvalue weighted by Gasteiger charge is 2.01. The van der Waals surface area contributed by atoms with Gasteiger partial charge in [-0.1, -0.05) is 18.2 Å². The Labute approximate surface area is 119 Å². The molecule has 0 aliphatic rings. The summed E-state index contributed by atoms with van der Waals surface area (Å²) < 4.78 is 0. The van der Waals surface area contributed by atoms with Crippen molar-refractivity contribution < 1.29 is 4.79 Å². The molecule has 3 heteroatoms. The molecular weight excluding hydrogens is 248 g/mol. The quantitative estimate of drug-likeness (QED) is 0.641. The van der Waals surface area contributed by atoms with Gasteiger partial charge < -0.3 is 10.6 Å². The molecule has 0 aliphatic heterocycles. The van der Waals surface area contributed by atoms with Gasteiger partial charge in [-0.15, -0.1) is 0 Å². The number of hydrogen-bond acceptors (Lipinski definition) is 3. The molecule has 2 rings (SSSR count). The molecule has 20 heavy (non-hydrogen) atoms. The lowest BCUT2D eigenvalue weighted by Gasteiger charge is -2.01. The van der Waals surface area contributed by atoms with Crippen LogP contribution in [0.2, 0.25) is 0 Å². The number of nitrogens with one attached hydrogen (secondary N) is 2. The van der Waals surface area contributed by atoms with Gasteiger partial charge in [0.1, 0.15) is 0 Å². The predicted molar refractivity (Wildman–Crippen MR) is 85.3 cm³/mol. The van der Waals surface area contributed by atoms with Crippen molar-refractivity contribution in [1.82, 2.24) is 0 Å². The van der Waals surface area contributed by atoms with Crippen LogP contribution in [0, 0.1) is 0 Å². The lowest BCUT2D eigenvalue weighted by Crippen LogP contribution is -1.95. The SMILES string of the molecule is CNc1ccc(/C=C/C(=O)c2ccc(NC)cc2)cc1. The minimum Gasteiger partial charge on any atom is -0.388 e. The van der Waals surface area contributed by atoms with E-state index in [-0.39, 0.29) is 5.78 Å². The third-order valence-corrected chi connectivity index (χ3v) is 3.08. The van der Waals surface area contributed by atoms with Gasteiger partial charge >= 0.3 is 0 Å². The van der Waals surface area contributed by atoms with E-state index in [0.29, 0.717) is 5.56 Å². The van der Waals surface area contributed by atoms with Crippen LogP contribution in [0.4, 0.5) is 11.4 Å². The minimum atomic E-state index is 0.00495. The second-order valence-corrected chi connectivity index (χ2v) is 4.40. The molecule has 3 nitrogen and oxygen atoms in total. The molecule has 0 aromatic heterocycles. The summed E-state index contributed by atoms with van der Waals surface area (Å²) in [5.41, 5.74) is 3.74. The van der Waals surface area contributed by atoms with Crippen molar-refractivity contribution in [3.05, 3.63) is 65.7 Å². The monoisotopic (exact) mass is 266 g/mol. The highest BCUT2D eigenvalue weighted by Crippen LogP contribution is 2.12. The molecular formula is C17H18N2O. The van der Waals surface area contributed by atoms with Crippen molar-refractivity contribution in [3.63, 3.8) is 0 Å². The van der Waals surface area contributed by atoms with Crippen LogP contribution >= 0.6 is 0 Å². The number of anilines is 2. The minimum absolute atomic E-state index is 0.00495. The molecule has 0 heterocycles. The van der Waals surface area contributed by atoms with E-state index in [9.17, 15) is 4.79 Å². The molecule has 0 radical (unpaired) electrons. The average Bonchev–Trinajstić information content (AvgIpc) is 2.53. The van der Waals surface area contributed by atoms with Gasteiger partial charge in [-0.25, -0.2) is 0 Å². The Morgan fingerprint density at radius 3 is 1.85 bits per heavy atom. The predicted octanol–water partition coefficient (Wildman–Crippen LogP) is 3.67. The first-order valence-corrected chi connectivity index (χ1v) is 6.51. The molecule has 0 unspecified atom stereocenters. The number of allylic oxidation sites excluding steroid dienone is 1. The maximum absolute atomic E-state index is 12.0. The van der Waals surface area contributed by atoms with Gasteiger partial charge in [-0.3, -0.25) is 4.79 Å². The average molecular weight is 266 g/mol. The number of ketones is 1. The Kier molecular flexibility index (Phi) is 4.56. The third-order valence-electron chi connectivity index (χ3n) is 3.08. The van der Waals surface area contributed by atoms with Crippen molar-refractivity contribution in [1.29, 1.82) is 0 Å². The molecule has 0 amide bonds. The van der Waals surface area contributed by atoms with Crippen molar-refractivity contribution in [3.8, 4) is 0 Å². The normalized spacial score (nSPS) is 10.5. The smallest absolute Gasteiger partial charge is 0.185 e. The van der Waals surface area contributed by atoms with Gasteiger partial charge in [0.15, 0.2) is 5.78 Å². The molecule has 2 aromatic rings. The van der Waals surface area contributed by atoms with Gasteiger partial charge in [0.25, 0.3) is 0 Å². The van der Waals surface area contributed by atoms with E-state index in [0.717, 1.165) is 16.9 Å². The fraction of sp³-hybridized carbons (Fsp3) is 0.118.